The summed E-state index contributed by atoms with van der Waals surface area (Å²) in [4.78, 5) is 0. The topological polar surface area (TPSA) is 9.23 Å². The van der Waals surface area contributed by atoms with Gasteiger partial charge in [-0.05, 0) is 23.3 Å². The zero-order valence-corrected chi connectivity index (χ0v) is 12.2. The molecule has 0 fully saturated rings. The fraction of sp³-hybridized carbons (Fsp3) is 0.0476. The number of ether oxygens (including phenoxy) is 1. The van der Waals surface area contributed by atoms with E-state index in [9.17, 15) is 0 Å². The van der Waals surface area contributed by atoms with Crippen LogP contribution in [-0.4, -0.2) is 0 Å². The van der Waals surface area contributed by atoms with Gasteiger partial charge in [0.2, 0.25) is 0 Å². The maximum absolute atomic E-state index is 6.06. The van der Waals surface area contributed by atoms with E-state index in [4.69, 9.17) is 4.74 Å². The molecule has 0 bridgehead atoms. The highest BCUT2D eigenvalue weighted by Crippen LogP contribution is 2.46. The number of para-hydroxylation sites is 2. The minimum atomic E-state index is 0.208. The van der Waals surface area contributed by atoms with Crippen LogP contribution in [0.2, 0.25) is 0 Å². The summed E-state index contributed by atoms with van der Waals surface area (Å²) >= 11 is 0. The SMILES string of the molecule is C=Cc1ccc(C2c3ccccc3Oc3ccccc32)cc1. The minimum Gasteiger partial charge on any atom is -0.457 e. The van der Waals surface area contributed by atoms with Crippen LogP contribution in [0.25, 0.3) is 6.08 Å². The second-order valence-electron chi connectivity index (χ2n) is 5.48. The molecule has 22 heavy (non-hydrogen) atoms. The molecule has 0 aliphatic carbocycles. The Morgan fingerprint density at radius 1 is 0.727 bits per heavy atom. The van der Waals surface area contributed by atoms with Gasteiger partial charge in [-0.15, -0.1) is 0 Å². The molecule has 3 aromatic carbocycles. The van der Waals surface area contributed by atoms with Crippen molar-refractivity contribution in [1.82, 2.24) is 0 Å². The van der Waals surface area contributed by atoms with Crippen LogP contribution in [-0.2, 0) is 0 Å². The number of hydrogen-bond donors (Lipinski definition) is 0. The Morgan fingerprint density at radius 2 is 1.27 bits per heavy atom. The van der Waals surface area contributed by atoms with Crippen molar-refractivity contribution in [2.24, 2.45) is 0 Å². The van der Waals surface area contributed by atoms with E-state index in [2.05, 4.69) is 55.1 Å². The van der Waals surface area contributed by atoms with Crippen molar-refractivity contribution < 1.29 is 4.74 Å². The number of hydrogen-bond acceptors (Lipinski definition) is 1. The summed E-state index contributed by atoms with van der Waals surface area (Å²) in [7, 11) is 0. The van der Waals surface area contributed by atoms with Crippen molar-refractivity contribution in [1.29, 1.82) is 0 Å². The molecule has 0 spiro atoms. The molecule has 4 rings (SSSR count). The van der Waals surface area contributed by atoms with Gasteiger partial charge in [0.25, 0.3) is 0 Å². The maximum Gasteiger partial charge on any atom is 0.131 e. The van der Waals surface area contributed by atoms with Gasteiger partial charge in [0.15, 0.2) is 0 Å². The van der Waals surface area contributed by atoms with Crippen LogP contribution in [0.5, 0.6) is 11.5 Å². The first kappa shape index (κ1) is 12.9. The van der Waals surface area contributed by atoms with Gasteiger partial charge in [-0.2, -0.15) is 0 Å². The summed E-state index contributed by atoms with van der Waals surface area (Å²) < 4.78 is 6.06. The summed E-state index contributed by atoms with van der Waals surface area (Å²) in [5.74, 6) is 2.10. The van der Waals surface area contributed by atoms with Gasteiger partial charge in [-0.3, -0.25) is 0 Å². The number of fused-ring (bicyclic) bond motifs is 2. The molecule has 0 radical (unpaired) electrons. The molecule has 0 atom stereocenters. The van der Waals surface area contributed by atoms with Gasteiger partial charge in [-0.25, -0.2) is 0 Å². The number of rotatable bonds is 2. The van der Waals surface area contributed by atoms with E-state index in [1.54, 1.807) is 0 Å². The molecule has 1 aliphatic heterocycles. The largest absolute Gasteiger partial charge is 0.457 e. The maximum atomic E-state index is 6.06. The van der Waals surface area contributed by atoms with Crippen LogP contribution in [0.1, 0.15) is 28.2 Å². The Kier molecular flexibility index (Phi) is 3.05. The highest BCUT2D eigenvalue weighted by molar-refractivity contribution is 5.59. The summed E-state index contributed by atoms with van der Waals surface area (Å²) in [6.07, 6.45) is 1.87. The first-order valence-electron chi connectivity index (χ1n) is 7.45. The summed E-state index contributed by atoms with van der Waals surface area (Å²) in [6.45, 7) is 3.83. The third-order valence-corrected chi connectivity index (χ3v) is 4.19. The highest BCUT2D eigenvalue weighted by Gasteiger charge is 2.27. The Balaban J connectivity index is 1.92. The first-order chi connectivity index (χ1) is 10.9. The predicted molar refractivity (Wildman–Crippen MR) is 90.4 cm³/mol. The van der Waals surface area contributed by atoms with Crippen LogP contribution in [0.15, 0.2) is 79.4 Å². The normalized spacial score (nSPS) is 12.9. The molecule has 0 aromatic heterocycles. The van der Waals surface area contributed by atoms with E-state index in [-0.39, 0.29) is 5.92 Å². The quantitative estimate of drug-likeness (QED) is 0.464. The van der Waals surface area contributed by atoms with E-state index in [1.807, 2.05) is 30.3 Å². The Labute approximate surface area is 130 Å². The third-order valence-electron chi connectivity index (χ3n) is 4.19. The highest BCUT2D eigenvalue weighted by atomic mass is 16.5. The molecule has 0 saturated carbocycles. The van der Waals surface area contributed by atoms with E-state index < -0.39 is 0 Å². The van der Waals surface area contributed by atoms with Gasteiger partial charge in [0, 0.05) is 17.0 Å². The molecule has 1 heteroatoms. The van der Waals surface area contributed by atoms with E-state index in [1.165, 1.54) is 16.7 Å². The summed E-state index contributed by atoms with van der Waals surface area (Å²) in [5.41, 5.74) is 4.84. The molecule has 1 heterocycles. The molecule has 0 amide bonds. The third kappa shape index (κ3) is 2.03. The average Bonchev–Trinajstić information content (AvgIpc) is 2.60. The van der Waals surface area contributed by atoms with E-state index in [0.717, 1.165) is 17.1 Å². The molecule has 106 valence electrons. The minimum absolute atomic E-state index is 0.208. The Hall–Kier alpha value is -2.80. The molecular formula is C21H16O. The Bertz CT molecular complexity index is 785. The lowest BCUT2D eigenvalue weighted by atomic mass is 9.82. The zero-order chi connectivity index (χ0) is 14.9. The van der Waals surface area contributed by atoms with Crippen molar-refractivity contribution in [3.05, 3.63) is 102 Å². The average molecular weight is 284 g/mol. The molecule has 0 N–H and O–H groups in total. The molecule has 0 saturated heterocycles. The lowest BCUT2D eigenvalue weighted by molar-refractivity contribution is 0.453. The molecule has 0 unspecified atom stereocenters. The van der Waals surface area contributed by atoms with Crippen molar-refractivity contribution in [2.75, 3.05) is 0 Å². The van der Waals surface area contributed by atoms with Gasteiger partial charge in [0.1, 0.15) is 11.5 Å². The molecule has 3 aromatic rings. The van der Waals surface area contributed by atoms with E-state index in [0.29, 0.717) is 0 Å². The van der Waals surface area contributed by atoms with Crippen molar-refractivity contribution >= 4 is 6.08 Å². The van der Waals surface area contributed by atoms with Crippen molar-refractivity contribution in [2.45, 2.75) is 5.92 Å². The van der Waals surface area contributed by atoms with Gasteiger partial charge < -0.3 is 4.74 Å². The molecule has 1 nitrogen and oxygen atoms in total. The zero-order valence-electron chi connectivity index (χ0n) is 12.2. The van der Waals surface area contributed by atoms with Crippen LogP contribution < -0.4 is 4.74 Å². The smallest absolute Gasteiger partial charge is 0.131 e. The second-order valence-corrected chi connectivity index (χ2v) is 5.48. The van der Waals surface area contributed by atoms with Crippen molar-refractivity contribution in [3.8, 4) is 11.5 Å². The lowest BCUT2D eigenvalue weighted by Crippen LogP contribution is -2.11. The number of benzene rings is 3. The van der Waals surface area contributed by atoms with Gasteiger partial charge in [0.05, 0.1) is 0 Å². The predicted octanol–water partition coefficient (Wildman–Crippen LogP) is 5.62. The van der Waals surface area contributed by atoms with Crippen LogP contribution in [0.4, 0.5) is 0 Å². The monoisotopic (exact) mass is 284 g/mol. The summed E-state index contributed by atoms with van der Waals surface area (Å²) in [6, 6.07) is 25.1. The van der Waals surface area contributed by atoms with Crippen molar-refractivity contribution in [3.63, 3.8) is 0 Å². The first-order valence-corrected chi connectivity index (χ1v) is 7.45. The van der Waals surface area contributed by atoms with Crippen LogP contribution in [0.3, 0.4) is 0 Å². The van der Waals surface area contributed by atoms with Crippen LogP contribution >= 0.6 is 0 Å². The van der Waals surface area contributed by atoms with Crippen LogP contribution in [0, 0.1) is 0 Å². The fourth-order valence-electron chi connectivity index (χ4n) is 3.09. The molecular weight excluding hydrogens is 268 g/mol. The lowest BCUT2D eigenvalue weighted by Gasteiger charge is -2.28. The summed E-state index contributed by atoms with van der Waals surface area (Å²) in [5, 5.41) is 0. The fourth-order valence-corrected chi connectivity index (χ4v) is 3.09. The van der Waals surface area contributed by atoms with Gasteiger partial charge in [-0.1, -0.05) is 73.3 Å². The molecule has 1 aliphatic rings. The standard InChI is InChI=1S/C21H16O/c1-2-15-11-13-16(14-12-15)21-17-7-3-5-9-19(17)22-20-10-6-4-8-18(20)21/h2-14,21H,1H2. The van der Waals surface area contributed by atoms with Gasteiger partial charge >= 0.3 is 0 Å². The van der Waals surface area contributed by atoms with E-state index >= 15 is 0 Å². The second kappa shape index (κ2) is 5.19. The Morgan fingerprint density at radius 3 is 1.82 bits per heavy atom.